The molecule has 1 amide bonds. The topological polar surface area (TPSA) is 78.7 Å². The Bertz CT molecular complexity index is 1280. The van der Waals surface area contributed by atoms with E-state index in [-0.39, 0.29) is 12.3 Å². The number of rotatable bonds is 6. The number of carbonyl (C=O) groups is 1. The van der Waals surface area contributed by atoms with E-state index >= 15 is 0 Å². The summed E-state index contributed by atoms with van der Waals surface area (Å²) in [4.78, 5) is 26.2. The van der Waals surface area contributed by atoms with Crippen LogP contribution in [0, 0.1) is 13.8 Å². The van der Waals surface area contributed by atoms with Crippen molar-refractivity contribution in [2.75, 3.05) is 36.4 Å². The maximum Gasteiger partial charge on any atom is 0.252 e. The number of anilines is 2. The smallest absolute Gasteiger partial charge is 0.252 e. The van der Waals surface area contributed by atoms with Crippen molar-refractivity contribution < 1.29 is 4.79 Å². The van der Waals surface area contributed by atoms with Gasteiger partial charge in [-0.15, -0.1) is 0 Å². The highest BCUT2D eigenvalue weighted by atomic mass is 16.1. The molecule has 0 saturated carbocycles. The van der Waals surface area contributed by atoms with Gasteiger partial charge in [-0.3, -0.25) is 9.69 Å². The summed E-state index contributed by atoms with van der Waals surface area (Å²) in [6.45, 7) is 8.90. The van der Waals surface area contributed by atoms with Crippen molar-refractivity contribution in [2.45, 2.75) is 26.8 Å². The summed E-state index contributed by atoms with van der Waals surface area (Å²) in [6.07, 6.45) is 1.72. The lowest BCUT2D eigenvalue weighted by Crippen LogP contribution is -2.45. The molecule has 1 N–H and O–H groups in total. The SMILES string of the molecule is Cc1nc2ncnn2c(C)c1CC(=O)Nc1ccc(N2CCN(Cc3ccccc3)CC2)cc1. The summed E-state index contributed by atoms with van der Waals surface area (Å²) in [5, 5.41) is 7.21. The number of aryl methyl sites for hydroxylation is 2. The van der Waals surface area contributed by atoms with Gasteiger partial charge in [0.05, 0.1) is 6.42 Å². The van der Waals surface area contributed by atoms with E-state index in [2.05, 4.69) is 72.6 Å². The molecule has 1 aliphatic rings. The van der Waals surface area contributed by atoms with Gasteiger partial charge in [0.25, 0.3) is 5.78 Å². The molecule has 8 nitrogen and oxygen atoms in total. The van der Waals surface area contributed by atoms with Crippen LogP contribution >= 0.6 is 0 Å². The van der Waals surface area contributed by atoms with Crippen LogP contribution in [0.5, 0.6) is 0 Å². The number of benzene rings is 2. The Labute approximate surface area is 199 Å². The molecule has 174 valence electrons. The second-order valence-electron chi connectivity index (χ2n) is 8.75. The molecule has 8 heteroatoms. The molecule has 5 rings (SSSR count). The lowest BCUT2D eigenvalue weighted by atomic mass is 10.1. The molecular weight excluding hydrogens is 426 g/mol. The third-order valence-corrected chi connectivity index (χ3v) is 6.46. The first-order chi connectivity index (χ1) is 16.6. The fourth-order valence-corrected chi connectivity index (χ4v) is 4.54. The second kappa shape index (κ2) is 9.61. The molecule has 0 bridgehead atoms. The molecule has 0 atom stereocenters. The molecule has 3 heterocycles. The minimum Gasteiger partial charge on any atom is -0.369 e. The van der Waals surface area contributed by atoms with Crippen LogP contribution < -0.4 is 10.2 Å². The summed E-state index contributed by atoms with van der Waals surface area (Å²) < 4.78 is 1.67. The van der Waals surface area contributed by atoms with Crippen molar-refractivity contribution >= 4 is 23.1 Å². The third-order valence-electron chi connectivity index (χ3n) is 6.46. The first-order valence-corrected chi connectivity index (χ1v) is 11.6. The monoisotopic (exact) mass is 455 g/mol. The number of amides is 1. The van der Waals surface area contributed by atoms with Gasteiger partial charge in [0.2, 0.25) is 5.91 Å². The molecule has 0 radical (unpaired) electrons. The highest BCUT2D eigenvalue weighted by Crippen LogP contribution is 2.21. The maximum absolute atomic E-state index is 12.7. The number of piperazine rings is 1. The third kappa shape index (κ3) is 4.77. The predicted octanol–water partition coefficient (Wildman–Crippen LogP) is 3.24. The van der Waals surface area contributed by atoms with Crippen molar-refractivity contribution in [3.8, 4) is 0 Å². The van der Waals surface area contributed by atoms with E-state index < -0.39 is 0 Å². The standard InChI is InChI=1S/C26H29N7O/c1-19-24(20(2)33-26(29-19)27-18-28-33)16-25(34)30-22-8-10-23(11-9-22)32-14-12-31(13-15-32)17-21-6-4-3-5-7-21/h3-11,18H,12-17H2,1-2H3,(H,30,34). The Morgan fingerprint density at radius 2 is 1.71 bits per heavy atom. The molecule has 1 fully saturated rings. The molecule has 1 saturated heterocycles. The summed E-state index contributed by atoms with van der Waals surface area (Å²) in [6, 6.07) is 18.7. The molecule has 34 heavy (non-hydrogen) atoms. The van der Waals surface area contributed by atoms with Crippen molar-refractivity contribution in [1.29, 1.82) is 0 Å². The highest BCUT2D eigenvalue weighted by molar-refractivity contribution is 5.92. The summed E-state index contributed by atoms with van der Waals surface area (Å²) in [5.41, 5.74) is 5.90. The van der Waals surface area contributed by atoms with Gasteiger partial charge in [-0.25, -0.2) is 9.50 Å². The Kier molecular flexibility index (Phi) is 6.22. The zero-order valence-electron chi connectivity index (χ0n) is 19.6. The van der Waals surface area contributed by atoms with Crippen LogP contribution in [0.25, 0.3) is 5.78 Å². The van der Waals surface area contributed by atoms with E-state index in [1.165, 1.54) is 17.6 Å². The number of carbonyl (C=O) groups excluding carboxylic acids is 1. The van der Waals surface area contributed by atoms with Gasteiger partial charge >= 0.3 is 0 Å². The Balaban J connectivity index is 1.16. The molecule has 2 aromatic carbocycles. The first-order valence-electron chi connectivity index (χ1n) is 11.6. The van der Waals surface area contributed by atoms with Crippen molar-refractivity contribution in [1.82, 2.24) is 24.5 Å². The van der Waals surface area contributed by atoms with E-state index in [9.17, 15) is 4.79 Å². The van der Waals surface area contributed by atoms with E-state index in [4.69, 9.17) is 0 Å². The highest BCUT2D eigenvalue weighted by Gasteiger charge is 2.18. The molecule has 0 spiro atoms. The zero-order valence-corrected chi connectivity index (χ0v) is 19.6. The lowest BCUT2D eigenvalue weighted by molar-refractivity contribution is -0.115. The van der Waals surface area contributed by atoms with Crippen LogP contribution in [0.1, 0.15) is 22.5 Å². The van der Waals surface area contributed by atoms with Crippen LogP contribution in [0.4, 0.5) is 11.4 Å². The number of nitrogens with one attached hydrogen (secondary N) is 1. The van der Waals surface area contributed by atoms with Gasteiger partial charge in [-0.05, 0) is 43.7 Å². The molecule has 2 aromatic heterocycles. The van der Waals surface area contributed by atoms with Crippen molar-refractivity contribution in [3.63, 3.8) is 0 Å². The maximum atomic E-state index is 12.7. The van der Waals surface area contributed by atoms with Crippen molar-refractivity contribution in [2.24, 2.45) is 0 Å². The van der Waals surface area contributed by atoms with Crippen LogP contribution in [0.3, 0.4) is 0 Å². The molecule has 1 aliphatic heterocycles. The number of hydrogen-bond donors (Lipinski definition) is 1. The number of hydrogen-bond acceptors (Lipinski definition) is 6. The van der Waals surface area contributed by atoms with E-state index in [1.807, 2.05) is 26.0 Å². The second-order valence-corrected chi connectivity index (χ2v) is 8.75. The Morgan fingerprint density at radius 3 is 2.44 bits per heavy atom. The number of fused-ring (bicyclic) bond motifs is 1. The fraction of sp³-hybridized carbons (Fsp3) is 0.308. The molecular formula is C26H29N7O. The van der Waals surface area contributed by atoms with Gasteiger partial charge in [0.1, 0.15) is 6.33 Å². The van der Waals surface area contributed by atoms with E-state index in [0.717, 1.165) is 55.4 Å². The summed E-state index contributed by atoms with van der Waals surface area (Å²) in [7, 11) is 0. The summed E-state index contributed by atoms with van der Waals surface area (Å²) >= 11 is 0. The van der Waals surface area contributed by atoms with Gasteiger partial charge in [-0.2, -0.15) is 10.1 Å². The Morgan fingerprint density at radius 1 is 0.971 bits per heavy atom. The van der Waals surface area contributed by atoms with E-state index in [0.29, 0.717) is 5.78 Å². The predicted molar refractivity (Wildman–Crippen MR) is 133 cm³/mol. The first kappa shape index (κ1) is 22.0. The van der Waals surface area contributed by atoms with Gasteiger partial charge in [-0.1, -0.05) is 30.3 Å². The molecule has 0 unspecified atom stereocenters. The lowest BCUT2D eigenvalue weighted by Gasteiger charge is -2.36. The van der Waals surface area contributed by atoms with Crippen molar-refractivity contribution in [3.05, 3.63) is 83.4 Å². The van der Waals surface area contributed by atoms with Gasteiger partial charge in [0.15, 0.2) is 0 Å². The average Bonchev–Trinajstić information content (AvgIpc) is 3.32. The van der Waals surface area contributed by atoms with Crippen LogP contribution in [-0.4, -0.2) is 56.6 Å². The fourth-order valence-electron chi connectivity index (χ4n) is 4.54. The van der Waals surface area contributed by atoms with Crippen LogP contribution in [0.2, 0.25) is 0 Å². The number of aromatic nitrogens is 4. The average molecular weight is 456 g/mol. The summed E-state index contributed by atoms with van der Waals surface area (Å²) in [5.74, 6) is 0.477. The quantitative estimate of drug-likeness (QED) is 0.481. The minimum atomic E-state index is -0.0743. The number of nitrogens with zero attached hydrogens (tertiary/aromatic N) is 6. The largest absolute Gasteiger partial charge is 0.369 e. The van der Waals surface area contributed by atoms with Gasteiger partial charge in [0, 0.05) is 61.0 Å². The molecule has 0 aliphatic carbocycles. The minimum absolute atomic E-state index is 0.0743. The van der Waals surface area contributed by atoms with Gasteiger partial charge < -0.3 is 10.2 Å². The molecule has 4 aromatic rings. The van der Waals surface area contributed by atoms with E-state index in [1.54, 1.807) is 4.52 Å². The normalized spacial score (nSPS) is 14.5. The zero-order chi connectivity index (χ0) is 23.5. The van der Waals surface area contributed by atoms with Crippen LogP contribution in [0.15, 0.2) is 60.9 Å². The van der Waals surface area contributed by atoms with Crippen LogP contribution in [-0.2, 0) is 17.8 Å². The Hall–Kier alpha value is -3.78.